The van der Waals surface area contributed by atoms with Crippen LogP contribution in [0.5, 0.6) is 5.75 Å². The molecule has 0 aromatic heterocycles. The van der Waals surface area contributed by atoms with E-state index in [2.05, 4.69) is 4.72 Å². The summed E-state index contributed by atoms with van der Waals surface area (Å²) >= 11 is 0. The molecular formula is C11H16BNO5S. The van der Waals surface area contributed by atoms with Gasteiger partial charge in [0.25, 0.3) is 0 Å². The predicted molar refractivity (Wildman–Crippen MR) is 71.8 cm³/mol. The third-order valence-electron chi connectivity index (χ3n) is 2.74. The number of hydrogen-bond acceptors (Lipinski definition) is 5. The molecule has 2 N–H and O–H groups in total. The van der Waals surface area contributed by atoms with Gasteiger partial charge in [-0.1, -0.05) is 12.1 Å². The number of rotatable bonds is 6. The Hall–Kier alpha value is -1.09. The summed E-state index contributed by atoms with van der Waals surface area (Å²) in [5.74, 6) is 0.585. The molecule has 0 atom stereocenters. The van der Waals surface area contributed by atoms with Crippen molar-refractivity contribution in [3.05, 3.63) is 23.8 Å². The molecule has 0 saturated heterocycles. The molecule has 1 aromatic rings. The molecule has 0 spiro atoms. The molecule has 1 aromatic carbocycles. The molecule has 1 heterocycles. The minimum Gasteiger partial charge on any atom is -0.494 e. The molecule has 6 nitrogen and oxygen atoms in total. The van der Waals surface area contributed by atoms with E-state index < -0.39 is 17.1 Å². The molecule has 8 heteroatoms. The second kappa shape index (κ2) is 5.91. The fourth-order valence-corrected chi connectivity index (χ4v) is 2.40. The van der Waals surface area contributed by atoms with Gasteiger partial charge < -0.3 is 14.4 Å². The van der Waals surface area contributed by atoms with Crippen LogP contribution in [0.1, 0.15) is 12.0 Å². The number of benzene rings is 1. The van der Waals surface area contributed by atoms with Crippen molar-refractivity contribution in [3.8, 4) is 5.75 Å². The Morgan fingerprint density at radius 1 is 1.53 bits per heavy atom. The van der Waals surface area contributed by atoms with Crippen molar-refractivity contribution >= 4 is 22.6 Å². The van der Waals surface area contributed by atoms with Crippen LogP contribution in [0.15, 0.2) is 18.2 Å². The van der Waals surface area contributed by atoms with Gasteiger partial charge in [-0.25, -0.2) is 13.1 Å². The Bertz CT molecular complexity index is 548. The van der Waals surface area contributed by atoms with E-state index in [1.807, 2.05) is 12.1 Å². The van der Waals surface area contributed by atoms with E-state index in [4.69, 9.17) is 9.39 Å². The zero-order valence-electron chi connectivity index (χ0n) is 10.6. The van der Waals surface area contributed by atoms with Gasteiger partial charge in [0.2, 0.25) is 10.0 Å². The van der Waals surface area contributed by atoms with Gasteiger partial charge in [-0.3, -0.25) is 0 Å². The van der Waals surface area contributed by atoms with Crippen LogP contribution >= 0.6 is 0 Å². The maximum Gasteiger partial charge on any atom is 0.495 e. The maximum atomic E-state index is 10.9. The average Bonchev–Trinajstić information content (AvgIpc) is 2.70. The van der Waals surface area contributed by atoms with Crippen molar-refractivity contribution in [1.82, 2.24) is 4.72 Å². The van der Waals surface area contributed by atoms with Gasteiger partial charge in [-0.05, 0) is 18.1 Å². The van der Waals surface area contributed by atoms with E-state index >= 15 is 0 Å². The minimum atomic E-state index is -3.15. The van der Waals surface area contributed by atoms with E-state index in [0.717, 1.165) is 11.8 Å². The molecule has 0 aliphatic carbocycles. The largest absolute Gasteiger partial charge is 0.495 e. The summed E-state index contributed by atoms with van der Waals surface area (Å²) in [7, 11) is -4.10. The molecule has 0 saturated carbocycles. The first-order valence-electron chi connectivity index (χ1n) is 5.96. The van der Waals surface area contributed by atoms with Crippen molar-refractivity contribution in [2.24, 2.45) is 0 Å². The minimum absolute atomic E-state index is 0.326. The van der Waals surface area contributed by atoms with Crippen LogP contribution in [0.2, 0.25) is 0 Å². The molecule has 104 valence electrons. The third-order valence-corrected chi connectivity index (χ3v) is 3.47. The average molecular weight is 285 g/mol. The molecular weight excluding hydrogens is 269 g/mol. The van der Waals surface area contributed by atoms with E-state index in [1.54, 1.807) is 6.07 Å². The number of hydrogen-bond donors (Lipinski definition) is 2. The summed E-state index contributed by atoms with van der Waals surface area (Å²) in [6, 6.07) is 5.48. The zero-order chi connectivity index (χ0) is 13.9. The van der Waals surface area contributed by atoms with Crippen LogP contribution in [-0.2, 0) is 21.3 Å². The Labute approximate surface area is 112 Å². The second-order valence-electron chi connectivity index (χ2n) is 4.36. The Morgan fingerprint density at radius 2 is 2.32 bits per heavy atom. The van der Waals surface area contributed by atoms with Crippen molar-refractivity contribution in [3.63, 3.8) is 0 Å². The number of fused-ring (bicyclic) bond motifs is 1. The fraction of sp³-hybridized carbons (Fsp3) is 0.455. The number of ether oxygens (including phenoxy) is 1. The zero-order valence-corrected chi connectivity index (χ0v) is 11.4. The normalized spacial score (nSPS) is 14.5. The molecule has 1 aliphatic rings. The lowest BCUT2D eigenvalue weighted by molar-refractivity contribution is 0.274. The maximum absolute atomic E-state index is 10.9. The van der Waals surface area contributed by atoms with Crippen LogP contribution < -0.4 is 14.9 Å². The van der Waals surface area contributed by atoms with Crippen molar-refractivity contribution < 1.29 is 22.8 Å². The lowest BCUT2D eigenvalue weighted by Crippen LogP contribution is -2.30. The predicted octanol–water partition coefficient (Wildman–Crippen LogP) is -0.778. The van der Waals surface area contributed by atoms with Gasteiger partial charge >= 0.3 is 7.12 Å². The van der Waals surface area contributed by atoms with Crippen molar-refractivity contribution in [2.75, 3.05) is 19.4 Å². The molecule has 2 rings (SSSR count). The highest BCUT2D eigenvalue weighted by Crippen LogP contribution is 2.18. The quantitative estimate of drug-likeness (QED) is 0.529. The highest BCUT2D eigenvalue weighted by atomic mass is 32.2. The molecule has 0 amide bonds. The monoisotopic (exact) mass is 285 g/mol. The van der Waals surface area contributed by atoms with Gasteiger partial charge in [0.15, 0.2) is 0 Å². The Kier molecular flexibility index (Phi) is 4.46. The highest BCUT2D eigenvalue weighted by molar-refractivity contribution is 7.88. The topological polar surface area (TPSA) is 84.9 Å². The standard InChI is InChI=1S/C11H16BNO5S/c1-19(15,16)13-6-3-7-17-10-5-2-4-9-8-18-12(14)11(9)10/h2,4-5,13-14H,3,6-8H2,1H3. The third kappa shape index (κ3) is 3.94. The summed E-state index contributed by atoms with van der Waals surface area (Å²) in [6.07, 6.45) is 1.67. The first kappa shape index (κ1) is 14.3. The van der Waals surface area contributed by atoms with Gasteiger partial charge in [-0.15, -0.1) is 0 Å². The molecule has 1 aliphatic heterocycles. The summed E-state index contributed by atoms with van der Waals surface area (Å²) in [5.41, 5.74) is 1.58. The van der Waals surface area contributed by atoms with Crippen LogP contribution in [0.4, 0.5) is 0 Å². The van der Waals surface area contributed by atoms with Crippen molar-refractivity contribution in [1.29, 1.82) is 0 Å². The van der Waals surface area contributed by atoms with E-state index in [1.165, 1.54) is 0 Å². The molecule has 0 radical (unpaired) electrons. The van der Waals surface area contributed by atoms with E-state index in [0.29, 0.717) is 37.4 Å². The second-order valence-corrected chi connectivity index (χ2v) is 6.19. The van der Waals surface area contributed by atoms with E-state index in [-0.39, 0.29) is 0 Å². The Balaban J connectivity index is 1.86. The van der Waals surface area contributed by atoms with Gasteiger partial charge in [0.05, 0.1) is 19.5 Å². The van der Waals surface area contributed by atoms with Crippen LogP contribution in [0.3, 0.4) is 0 Å². The lowest BCUT2D eigenvalue weighted by atomic mass is 9.79. The van der Waals surface area contributed by atoms with Crippen molar-refractivity contribution in [2.45, 2.75) is 13.0 Å². The SMILES string of the molecule is CS(=O)(=O)NCCCOc1cccc2c1B(O)OC2. The van der Waals surface area contributed by atoms with Gasteiger partial charge in [-0.2, -0.15) is 0 Å². The van der Waals surface area contributed by atoms with Gasteiger partial charge in [0, 0.05) is 12.0 Å². The summed E-state index contributed by atoms with van der Waals surface area (Å²) < 4.78 is 34.8. The number of nitrogens with one attached hydrogen (secondary N) is 1. The summed E-state index contributed by atoms with van der Waals surface area (Å²) in [6.45, 7) is 1.07. The van der Waals surface area contributed by atoms with Crippen LogP contribution in [-0.4, -0.2) is 40.0 Å². The number of sulfonamides is 1. The first-order valence-corrected chi connectivity index (χ1v) is 7.85. The molecule has 19 heavy (non-hydrogen) atoms. The first-order chi connectivity index (χ1) is 8.97. The van der Waals surface area contributed by atoms with Gasteiger partial charge in [0.1, 0.15) is 5.75 Å². The smallest absolute Gasteiger partial charge is 0.494 e. The highest BCUT2D eigenvalue weighted by Gasteiger charge is 2.30. The summed E-state index contributed by atoms with van der Waals surface area (Å²) in [4.78, 5) is 0. The van der Waals surface area contributed by atoms with Crippen LogP contribution in [0, 0.1) is 0 Å². The van der Waals surface area contributed by atoms with Crippen LogP contribution in [0.25, 0.3) is 0 Å². The fourth-order valence-electron chi connectivity index (χ4n) is 1.89. The summed E-state index contributed by atoms with van der Waals surface area (Å²) in [5, 5.41) is 9.68. The lowest BCUT2D eigenvalue weighted by Gasteiger charge is -2.10. The van der Waals surface area contributed by atoms with E-state index in [9.17, 15) is 13.4 Å². The Morgan fingerprint density at radius 3 is 3.05 bits per heavy atom. The molecule has 0 bridgehead atoms. The molecule has 0 unspecified atom stereocenters. The molecule has 0 fully saturated rings.